The minimum Gasteiger partial charge on any atom is -0.347 e. The number of aryl methyl sites for hydroxylation is 1. The Hall–Kier alpha value is -2.70. The van der Waals surface area contributed by atoms with Gasteiger partial charge in [0.2, 0.25) is 0 Å². The van der Waals surface area contributed by atoms with Crippen molar-refractivity contribution >= 4 is 17.1 Å². The van der Waals surface area contributed by atoms with Gasteiger partial charge in [-0.2, -0.15) is 0 Å². The molecular formula is C18H22N6O. The molecule has 0 aromatic carbocycles. The van der Waals surface area contributed by atoms with E-state index in [0.717, 1.165) is 25.1 Å². The molecule has 0 bridgehead atoms. The third-order valence-corrected chi connectivity index (χ3v) is 4.37. The fraction of sp³-hybridized carbons (Fsp3) is 0.444. The lowest BCUT2D eigenvalue weighted by Gasteiger charge is -2.20. The summed E-state index contributed by atoms with van der Waals surface area (Å²) in [6.45, 7) is 6.86. The predicted molar refractivity (Wildman–Crippen MR) is 95.3 cm³/mol. The third kappa shape index (κ3) is 2.90. The van der Waals surface area contributed by atoms with Gasteiger partial charge in [0.15, 0.2) is 5.65 Å². The Bertz CT molecular complexity index is 946. The number of imidazole rings is 1. The number of carbonyl (C=O) groups excluding carboxylic acids is 1. The zero-order chi connectivity index (χ0) is 17.6. The quantitative estimate of drug-likeness (QED) is 0.752. The van der Waals surface area contributed by atoms with Crippen LogP contribution in [-0.2, 0) is 13.0 Å². The number of aromatic nitrogens is 5. The summed E-state index contributed by atoms with van der Waals surface area (Å²) in [6.07, 6.45) is 8.61. The molecule has 4 rings (SSSR count). The molecule has 1 amide bonds. The highest BCUT2D eigenvalue weighted by Gasteiger charge is 2.22. The summed E-state index contributed by atoms with van der Waals surface area (Å²) in [5, 5.41) is 2.97. The van der Waals surface area contributed by atoms with Gasteiger partial charge in [0.1, 0.15) is 16.9 Å². The van der Waals surface area contributed by atoms with Crippen LogP contribution in [-0.4, -0.2) is 35.9 Å². The molecule has 4 heterocycles. The molecule has 3 aromatic rings. The second-order valence-corrected chi connectivity index (χ2v) is 7.55. The molecule has 0 spiro atoms. The molecule has 25 heavy (non-hydrogen) atoms. The van der Waals surface area contributed by atoms with Crippen LogP contribution in [0.4, 0.5) is 0 Å². The average Bonchev–Trinajstić information content (AvgIpc) is 3.16. The van der Waals surface area contributed by atoms with E-state index in [-0.39, 0.29) is 11.4 Å². The van der Waals surface area contributed by atoms with E-state index in [0.29, 0.717) is 22.4 Å². The lowest BCUT2D eigenvalue weighted by molar-refractivity contribution is 0.0921. The molecule has 2 N–H and O–H groups in total. The van der Waals surface area contributed by atoms with Crippen LogP contribution in [0, 0.1) is 0 Å². The zero-order valence-electron chi connectivity index (χ0n) is 14.8. The lowest BCUT2D eigenvalue weighted by Crippen LogP contribution is -2.40. The largest absolute Gasteiger partial charge is 0.347 e. The first-order valence-corrected chi connectivity index (χ1v) is 8.63. The molecule has 0 radical (unpaired) electrons. The van der Waals surface area contributed by atoms with Crippen LogP contribution < -0.4 is 5.32 Å². The van der Waals surface area contributed by atoms with Crippen LogP contribution in [0.5, 0.6) is 0 Å². The van der Waals surface area contributed by atoms with E-state index in [2.05, 4.69) is 24.8 Å². The average molecular weight is 338 g/mol. The fourth-order valence-corrected chi connectivity index (χ4v) is 3.24. The van der Waals surface area contributed by atoms with E-state index in [1.54, 1.807) is 12.4 Å². The topological polar surface area (TPSA) is 88.5 Å². The molecule has 0 unspecified atom stereocenters. The van der Waals surface area contributed by atoms with Gasteiger partial charge in [-0.1, -0.05) is 0 Å². The van der Waals surface area contributed by atoms with E-state index in [4.69, 9.17) is 4.98 Å². The first kappa shape index (κ1) is 15.8. The zero-order valence-corrected chi connectivity index (χ0v) is 14.8. The van der Waals surface area contributed by atoms with Crippen molar-refractivity contribution in [3.05, 3.63) is 30.0 Å². The van der Waals surface area contributed by atoms with Gasteiger partial charge in [-0.3, -0.25) is 4.79 Å². The summed E-state index contributed by atoms with van der Waals surface area (Å²) in [5.41, 5.74) is 4.18. The van der Waals surface area contributed by atoms with Crippen LogP contribution in [0.25, 0.3) is 22.6 Å². The second kappa shape index (κ2) is 5.68. The van der Waals surface area contributed by atoms with E-state index in [9.17, 15) is 4.79 Å². The van der Waals surface area contributed by atoms with Gasteiger partial charge in [0.05, 0.1) is 18.1 Å². The van der Waals surface area contributed by atoms with Crippen molar-refractivity contribution in [2.75, 3.05) is 0 Å². The molecule has 130 valence electrons. The SMILES string of the molecule is CC(C)(C)NC(=O)c1c[nH]c2ncc(-c3ncn4c3CCCC4)nc12. The Morgan fingerprint density at radius 2 is 2.12 bits per heavy atom. The van der Waals surface area contributed by atoms with Crippen LogP contribution >= 0.6 is 0 Å². The Labute approximate surface area is 145 Å². The highest BCUT2D eigenvalue weighted by molar-refractivity contribution is 6.05. The van der Waals surface area contributed by atoms with Crippen molar-refractivity contribution in [2.24, 2.45) is 0 Å². The number of nitrogens with zero attached hydrogens (tertiary/aromatic N) is 4. The molecule has 0 saturated carbocycles. The maximum Gasteiger partial charge on any atom is 0.255 e. The molecule has 0 aliphatic carbocycles. The van der Waals surface area contributed by atoms with E-state index in [1.807, 2.05) is 27.1 Å². The molecule has 7 nitrogen and oxygen atoms in total. The number of fused-ring (bicyclic) bond motifs is 2. The van der Waals surface area contributed by atoms with Crippen molar-refractivity contribution < 1.29 is 4.79 Å². The monoisotopic (exact) mass is 338 g/mol. The molecule has 0 atom stereocenters. The van der Waals surface area contributed by atoms with Crippen molar-refractivity contribution in [1.29, 1.82) is 0 Å². The van der Waals surface area contributed by atoms with Gasteiger partial charge >= 0.3 is 0 Å². The van der Waals surface area contributed by atoms with E-state index in [1.165, 1.54) is 12.1 Å². The Kier molecular flexibility index (Phi) is 3.59. The summed E-state index contributed by atoms with van der Waals surface area (Å²) in [7, 11) is 0. The van der Waals surface area contributed by atoms with Crippen molar-refractivity contribution in [3.8, 4) is 11.4 Å². The molecule has 0 fully saturated rings. The number of aromatic amines is 1. The van der Waals surface area contributed by atoms with Crippen LogP contribution in [0.15, 0.2) is 18.7 Å². The molecule has 1 aliphatic rings. The van der Waals surface area contributed by atoms with Crippen LogP contribution in [0.1, 0.15) is 49.7 Å². The van der Waals surface area contributed by atoms with E-state index >= 15 is 0 Å². The summed E-state index contributed by atoms with van der Waals surface area (Å²) >= 11 is 0. The summed E-state index contributed by atoms with van der Waals surface area (Å²) in [5.74, 6) is -0.155. The minimum atomic E-state index is -0.311. The van der Waals surface area contributed by atoms with Crippen molar-refractivity contribution in [3.63, 3.8) is 0 Å². The van der Waals surface area contributed by atoms with E-state index < -0.39 is 0 Å². The summed E-state index contributed by atoms with van der Waals surface area (Å²) in [4.78, 5) is 29.3. The number of amides is 1. The number of hydrogen-bond donors (Lipinski definition) is 2. The normalized spacial score (nSPS) is 14.5. The van der Waals surface area contributed by atoms with Gasteiger partial charge in [0.25, 0.3) is 5.91 Å². The Balaban J connectivity index is 1.76. The maximum atomic E-state index is 12.5. The second-order valence-electron chi connectivity index (χ2n) is 7.55. The first-order valence-electron chi connectivity index (χ1n) is 8.63. The number of H-pyrrole nitrogens is 1. The number of hydrogen-bond acceptors (Lipinski definition) is 4. The van der Waals surface area contributed by atoms with Crippen LogP contribution in [0.2, 0.25) is 0 Å². The third-order valence-electron chi connectivity index (χ3n) is 4.37. The maximum absolute atomic E-state index is 12.5. The highest BCUT2D eigenvalue weighted by Crippen LogP contribution is 2.27. The predicted octanol–water partition coefficient (Wildman–Crippen LogP) is 2.69. The van der Waals surface area contributed by atoms with Gasteiger partial charge in [-0.15, -0.1) is 0 Å². The smallest absolute Gasteiger partial charge is 0.255 e. The number of carbonyl (C=O) groups is 1. The Morgan fingerprint density at radius 1 is 1.28 bits per heavy atom. The number of rotatable bonds is 2. The van der Waals surface area contributed by atoms with Gasteiger partial charge < -0.3 is 14.9 Å². The highest BCUT2D eigenvalue weighted by atomic mass is 16.1. The summed E-state index contributed by atoms with van der Waals surface area (Å²) in [6, 6.07) is 0. The standard InChI is InChI=1S/C18H22N6O/c1-18(2,3)23-17(25)11-8-19-16-14(11)22-12(9-20-16)15-13-6-4-5-7-24(13)10-21-15/h8-10H,4-7H2,1-3H3,(H,19,20)(H,23,25). The Morgan fingerprint density at radius 3 is 2.92 bits per heavy atom. The molecular weight excluding hydrogens is 316 g/mol. The van der Waals surface area contributed by atoms with Gasteiger partial charge in [-0.25, -0.2) is 15.0 Å². The van der Waals surface area contributed by atoms with Crippen molar-refractivity contribution in [2.45, 2.75) is 52.1 Å². The first-order chi connectivity index (χ1) is 11.9. The van der Waals surface area contributed by atoms with Crippen LogP contribution in [0.3, 0.4) is 0 Å². The lowest BCUT2D eigenvalue weighted by atomic mass is 10.1. The van der Waals surface area contributed by atoms with Gasteiger partial charge in [0, 0.05) is 24.0 Å². The molecule has 1 aliphatic heterocycles. The fourth-order valence-electron chi connectivity index (χ4n) is 3.24. The molecule has 3 aromatic heterocycles. The summed E-state index contributed by atoms with van der Waals surface area (Å²) < 4.78 is 2.19. The van der Waals surface area contributed by atoms with Gasteiger partial charge in [-0.05, 0) is 40.0 Å². The minimum absolute atomic E-state index is 0.155. The van der Waals surface area contributed by atoms with Crippen molar-refractivity contribution in [1.82, 2.24) is 29.8 Å². The molecule has 7 heteroatoms. The number of nitrogens with one attached hydrogen (secondary N) is 2. The molecule has 0 saturated heterocycles.